The van der Waals surface area contributed by atoms with Gasteiger partial charge in [0.1, 0.15) is 32.8 Å². The summed E-state index contributed by atoms with van der Waals surface area (Å²) < 4.78 is 25.0. The summed E-state index contributed by atoms with van der Waals surface area (Å²) in [7, 11) is 2.80. The van der Waals surface area contributed by atoms with Crippen molar-refractivity contribution >= 4 is 47.6 Å². The van der Waals surface area contributed by atoms with E-state index in [2.05, 4.69) is 21.3 Å². The number of nitrogens with zero attached hydrogens (tertiary/aromatic N) is 1. The summed E-state index contributed by atoms with van der Waals surface area (Å²) in [6.07, 6.45) is 0.0879. The third-order valence-corrected chi connectivity index (χ3v) is 6.18. The van der Waals surface area contributed by atoms with Crippen molar-refractivity contribution in [3.05, 3.63) is 0 Å². The van der Waals surface area contributed by atoms with E-state index in [4.69, 9.17) is 23.7 Å². The second kappa shape index (κ2) is 22.5. The Labute approximate surface area is 244 Å². The van der Waals surface area contributed by atoms with Crippen molar-refractivity contribution < 1.29 is 52.5 Å². The van der Waals surface area contributed by atoms with Gasteiger partial charge in [-0.1, -0.05) is 7.43 Å². The second-order valence-corrected chi connectivity index (χ2v) is 9.32. The molecule has 0 aromatic heterocycles. The quantitative estimate of drug-likeness (QED) is 0.0789. The summed E-state index contributed by atoms with van der Waals surface area (Å²) in [4.78, 5) is 72.3. The van der Waals surface area contributed by atoms with Crippen LogP contribution in [0.25, 0.3) is 0 Å². The van der Waals surface area contributed by atoms with E-state index in [0.29, 0.717) is 6.42 Å². The van der Waals surface area contributed by atoms with Gasteiger partial charge in [0.25, 0.3) is 0 Å². The molecule has 0 aromatic rings. The maximum absolute atomic E-state index is 12.1. The van der Waals surface area contributed by atoms with Crippen molar-refractivity contribution in [2.24, 2.45) is 0 Å². The van der Waals surface area contributed by atoms with Gasteiger partial charge in [-0.2, -0.15) is 11.8 Å². The molecule has 17 heteroatoms. The number of carbonyl (C=O) groups is 6. The van der Waals surface area contributed by atoms with E-state index in [1.54, 1.807) is 6.26 Å². The van der Waals surface area contributed by atoms with Gasteiger partial charge in [-0.05, 0) is 12.7 Å². The lowest BCUT2D eigenvalue weighted by atomic mass is 10.3. The number of methoxy groups -OCH3 is 2. The summed E-state index contributed by atoms with van der Waals surface area (Å²) in [6, 6.07) is 0. The van der Waals surface area contributed by atoms with Crippen LogP contribution in [0.4, 0.5) is 9.59 Å². The second-order valence-electron chi connectivity index (χ2n) is 8.27. The minimum Gasteiger partial charge on any atom is -0.447 e. The minimum atomic E-state index is -0.780. The Kier molecular flexibility index (Phi) is 20.8. The summed E-state index contributed by atoms with van der Waals surface area (Å²) in [5.74, 6) is -1.15. The molecule has 0 saturated carbocycles. The fourth-order valence-electron chi connectivity index (χ4n) is 3.19. The molecule has 0 aromatic carbocycles. The fraction of sp³-hybridized carbons (Fsp3) is 0.750. The van der Waals surface area contributed by atoms with Crippen LogP contribution in [0.5, 0.6) is 0 Å². The molecule has 6 amide bonds. The van der Waals surface area contributed by atoms with Crippen LogP contribution in [0.2, 0.25) is 0 Å². The van der Waals surface area contributed by atoms with Crippen LogP contribution >= 0.6 is 11.8 Å². The van der Waals surface area contributed by atoms with Crippen molar-refractivity contribution in [2.75, 3.05) is 73.4 Å². The lowest BCUT2D eigenvalue weighted by molar-refractivity contribution is -0.138. The third-order valence-electron chi connectivity index (χ3n) is 5.24. The van der Waals surface area contributed by atoms with E-state index in [-0.39, 0.29) is 108 Å². The van der Waals surface area contributed by atoms with Gasteiger partial charge in [0.05, 0.1) is 5.25 Å². The molecule has 1 saturated heterocycles. The predicted molar refractivity (Wildman–Crippen MR) is 148 cm³/mol. The number of thioether (sulfide) groups is 1. The highest BCUT2D eigenvalue weighted by atomic mass is 32.2. The number of imide groups is 1. The molecule has 1 atom stereocenters. The van der Waals surface area contributed by atoms with Crippen molar-refractivity contribution in [3.63, 3.8) is 0 Å². The summed E-state index contributed by atoms with van der Waals surface area (Å²) >= 11 is 1.31. The number of hydrogen-bond donors (Lipinski definition) is 4. The van der Waals surface area contributed by atoms with Crippen molar-refractivity contribution in [1.82, 2.24) is 26.2 Å². The number of rotatable bonds is 20. The molecule has 0 spiro atoms. The van der Waals surface area contributed by atoms with Crippen LogP contribution in [0.1, 0.15) is 33.1 Å². The van der Waals surface area contributed by atoms with Gasteiger partial charge in [0, 0.05) is 59.7 Å². The molecule has 16 nitrogen and oxygen atoms in total. The predicted octanol–water partition coefficient (Wildman–Crippen LogP) is -0.439. The molecule has 0 radical (unpaired) electrons. The van der Waals surface area contributed by atoms with E-state index in [0.717, 1.165) is 4.90 Å². The lowest BCUT2D eigenvalue weighted by Gasteiger charge is -2.18. The molecule has 1 rings (SSSR count). The van der Waals surface area contributed by atoms with E-state index >= 15 is 0 Å². The Morgan fingerprint density at radius 3 is 1.93 bits per heavy atom. The Morgan fingerprint density at radius 1 is 0.902 bits per heavy atom. The molecule has 1 aliphatic heterocycles. The molecule has 1 aliphatic rings. The average Bonchev–Trinajstić information content (AvgIpc) is 3.22. The maximum Gasteiger partial charge on any atom is 0.409 e. The van der Waals surface area contributed by atoms with Crippen molar-refractivity contribution in [3.8, 4) is 0 Å². The number of alkyl carbamates (subject to hydrolysis) is 2. The molecule has 1 unspecified atom stereocenters. The largest absolute Gasteiger partial charge is 0.447 e. The van der Waals surface area contributed by atoms with E-state index < -0.39 is 18.3 Å². The Bertz CT molecular complexity index is 825. The molecule has 0 aliphatic carbocycles. The van der Waals surface area contributed by atoms with E-state index in [9.17, 15) is 28.8 Å². The topological polar surface area (TPSA) is 200 Å². The van der Waals surface area contributed by atoms with Gasteiger partial charge >= 0.3 is 12.2 Å². The molecule has 0 bridgehead atoms. The summed E-state index contributed by atoms with van der Waals surface area (Å²) in [5, 5.41) is 9.58. The molecule has 1 fully saturated rings. The van der Waals surface area contributed by atoms with Gasteiger partial charge in [-0.25, -0.2) is 9.59 Å². The van der Waals surface area contributed by atoms with Gasteiger partial charge in [0.15, 0.2) is 0 Å². The van der Waals surface area contributed by atoms with E-state index in [1.165, 1.54) is 26.0 Å². The molecule has 41 heavy (non-hydrogen) atoms. The van der Waals surface area contributed by atoms with Gasteiger partial charge in [0.2, 0.25) is 23.6 Å². The number of carbonyl (C=O) groups excluding carboxylic acids is 6. The Balaban J connectivity index is 0.0000160. The first-order chi connectivity index (χ1) is 19.2. The van der Waals surface area contributed by atoms with Crippen LogP contribution in [-0.2, 0) is 42.9 Å². The Morgan fingerprint density at radius 2 is 1.44 bits per heavy atom. The monoisotopic (exact) mass is 609 g/mol. The molecule has 1 heterocycles. The van der Waals surface area contributed by atoms with Gasteiger partial charge in [-0.15, -0.1) is 0 Å². The third kappa shape index (κ3) is 16.6. The minimum absolute atomic E-state index is 0. The normalized spacial score (nSPS) is 14.3. The van der Waals surface area contributed by atoms with Gasteiger partial charge < -0.3 is 34.3 Å². The standard InChI is InChI=1S/C23H39N5O11S.CH4/c1-35-14-26-22(33)38-12-16(13-39-23(34)27-15-36-2)37-10-4-5-18(29)24-7-8-25-19(30)6-9-28-20(31)11-17(40-3)21(28)32;/h16-17H,4-15H2,1-3H3,(H,24,29)(H,25,30)(H,26,33)(H,27,34);1H4. The number of hydrogen-bond acceptors (Lipinski definition) is 12. The van der Waals surface area contributed by atoms with E-state index in [1.807, 2.05) is 0 Å². The first-order valence-electron chi connectivity index (χ1n) is 12.5. The Hall–Kier alpha value is -3.15. The lowest BCUT2D eigenvalue weighted by Crippen LogP contribution is -2.38. The smallest absolute Gasteiger partial charge is 0.409 e. The zero-order valence-electron chi connectivity index (χ0n) is 23.0. The number of amides is 6. The molecule has 236 valence electrons. The number of nitrogens with one attached hydrogen (secondary N) is 4. The average molecular weight is 610 g/mol. The van der Waals surface area contributed by atoms with Crippen molar-refractivity contribution in [1.29, 1.82) is 0 Å². The zero-order chi connectivity index (χ0) is 29.8. The van der Waals surface area contributed by atoms with Crippen LogP contribution < -0.4 is 21.3 Å². The SMILES string of the molecule is C.COCNC(=O)OCC(COC(=O)NCOC)OCCCC(=O)NCCNC(=O)CCN1C(=O)CC(SC)C1=O. The van der Waals surface area contributed by atoms with Crippen LogP contribution in [0, 0.1) is 0 Å². The first kappa shape index (κ1) is 37.9. The first-order valence-corrected chi connectivity index (χ1v) is 13.8. The highest BCUT2D eigenvalue weighted by Crippen LogP contribution is 2.22. The van der Waals surface area contributed by atoms with Crippen LogP contribution in [-0.4, -0.2) is 125 Å². The molecular formula is C24H43N5O11S. The summed E-state index contributed by atoms with van der Waals surface area (Å²) in [5.41, 5.74) is 0. The fourth-order valence-corrected chi connectivity index (χ4v) is 3.83. The zero-order valence-corrected chi connectivity index (χ0v) is 23.8. The summed E-state index contributed by atoms with van der Waals surface area (Å²) in [6.45, 7) is 0.0136. The van der Waals surface area contributed by atoms with Gasteiger partial charge in [-0.3, -0.25) is 34.7 Å². The highest BCUT2D eigenvalue weighted by molar-refractivity contribution is 8.00. The molecule has 4 N–H and O–H groups in total. The molecular weight excluding hydrogens is 566 g/mol. The van der Waals surface area contributed by atoms with Crippen LogP contribution in [0.3, 0.4) is 0 Å². The number of ether oxygens (including phenoxy) is 5. The number of likely N-dealkylation sites (tertiary alicyclic amines) is 1. The van der Waals surface area contributed by atoms with Crippen LogP contribution in [0.15, 0.2) is 0 Å². The van der Waals surface area contributed by atoms with Crippen molar-refractivity contribution in [2.45, 2.75) is 44.5 Å². The highest BCUT2D eigenvalue weighted by Gasteiger charge is 2.37. The maximum atomic E-state index is 12.1.